The van der Waals surface area contributed by atoms with Gasteiger partial charge in [0.15, 0.2) is 0 Å². The largest absolute Gasteiger partial charge is 0.376 e. The number of hydrogen-bond donors (Lipinski definition) is 0. The predicted molar refractivity (Wildman–Crippen MR) is 83.5 cm³/mol. The van der Waals surface area contributed by atoms with Gasteiger partial charge in [-0.25, -0.2) is 0 Å². The van der Waals surface area contributed by atoms with E-state index in [0.29, 0.717) is 0 Å². The molecule has 2 aromatic rings. The van der Waals surface area contributed by atoms with Crippen molar-refractivity contribution in [2.45, 2.75) is 25.5 Å². The van der Waals surface area contributed by atoms with Gasteiger partial charge in [0.25, 0.3) is 5.91 Å². The topological polar surface area (TPSA) is 29.5 Å². The summed E-state index contributed by atoms with van der Waals surface area (Å²) in [6.07, 6.45) is 0. The molecule has 1 atom stereocenters. The molecule has 1 unspecified atom stereocenters. The highest BCUT2D eigenvalue weighted by Gasteiger charge is 2.45. The molecule has 1 amide bonds. The van der Waals surface area contributed by atoms with Crippen LogP contribution < -0.4 is 4.90 Å². The lowest BCUT2D eigenvalue weighted by Crippen LogP contribution is -2.42. The van der Waals surface area contributed by atoms with Crippen LogP contribution in [0.4, 0.5) is 5.69 Å². The second-order valence-corrected chi connectivity index (χ2v) is 5.81. The van der Waals surface area contributed by atoms with Crippen LogP contribution in [0.2, 0.25) is 0 Å². The van der Waals surface area contributed by atoms with Gasteiger partial charge in [0, 0.05) is 18.4 Å². The van der Waals surface area contributed by atoms with Gasteiger partial charge in [-0.15, -0.1) is 0 Å². The van der Waals surface area contributed by atoms with Crippen molar-refractivity contribution in [1.82, 2.24) is 0 Å². The molecule has 1 heterocycles. The molecule has 3 heteroatoms. The minimum atomic E-state index is -0.474. The number of carbonyl (C=O) groups is 1. The number of fused-ring (bicyclic) bond motifs is 1. The predicted octanol–water partition coefficient (Wildman–Crippen LogP) is 3.81. The Morgan fingerprint density at radius 2 is 1.62 bits per heavy atom. The van der Waals surface area contributed by atoms with Gasteiger partial charge >= 0.3 is 0 Å². The zero-order chi connectivity index (χ0) is 15.0. The highest BCUT2D eigenvalue weighted by atomic mass is 16.5. The van der Waals surface area contributed by atoms with E-state index in [1.54, 1.807) is 7.11 Å². The lowest BCUT2D eigenvalue weighted by molar-refractivity contribution is 0.0000663. The van der Waals surface area contributed by atoms with E-state index < -0.39 is 5.60 Å². The summed E-state index contributed by atoms with van der Waals surface area (Å²) in [4.78, 5) is 14.7. The molecule has 0 radical (unpaired) electrons. The Kier molecular flexibility index (Phi) is 3.30. The monoisotopic (exact) mass is 281 g/mol. The highest BCUT2D eigenvalue weighted by molar-refractivity contribution is 6.11. The molecule has 0 saturated heterocycles. The fourth-order valence-electron chi connectivity index (χ4n) is 2.97. The van der Waals surface area contributed by atoms with E-state index >= 15 is 0 Å². The van der Waals surface area contributed by atoms with Crippen molar-refractivity contribution in [3.63, 3.8) is 0 Å². The van der Waals surface area contributed by atoms with Crippen molar-refractivity contribution in [2.24, 2.45) is 0 Å². The second-order valence-electron chi connectivity index (χ2n) is 5.81. The molecule has 108 valence electrons. The van der Waals surface area contributed by atoms with Gasteiger partial charge in [0.1, 0.15) is 0 Å². The molecule has 3 rings (SSSR count). The van der Waals surface area contributed by atoms with E-state index in [4.69, 9.17) is 4.74 Å². The standard InChI is InChI=1S/C18H19NO2/c1-18(2,21-3)16-14-11-7-8-12-15(14)17(20)19(16)13-9-5-4-6-10-13/h4-12,16H,1-3H3. The molecule has 0 saturated carbocycles. The fraction of sp³-hybridized carbons (Fsp3) is 0.278. The number of rotatable bonds is 3. The van der Waals surface area contributed by atoms with E-state index in [0.717, 1.165) is 16.8 Å². The minimum Gasteiger partial charge on any atom is -0.376 e. The summed E-state index contributed by atoms with van der Waals surface area (Å²) < 4.78 is 5.68. The van der Waals surface area contributed by atoms with E-state index in [1.807, 2.05) is 73.3 Å². The maximum atomic E-state index is 12.8. The number of benzene rings is 2. The first kappa shape index (κ1) is 13.8. The fourth-order valence-corrected chi connectivity index (χ4v) is 2.97. The van der Waals surface area contributed by atoms with Gasteiger partial charge in [0.2, 0.25) is 0 Å². The Balaban J connectivity index is 2.18. The minimum absolute atomic E-state index is 0.0342. The average Bonchev–Trinajstić information content (AvgIpc) is 2.82. The third-order valence-electron chi connectivity index (χ3n) is 4.18. The van der Waals surface area contributed by atoms with Crippen LogP contribution in [0.25, 0.3) is 0 Å². The van der Waals surface area contributed by atoms with Crippen molar-refractivity contribution >= 4 is 11.6 Å². The lowest BCUT2D eigenvalue weighted by atomic mass is 9.91. The first-order valence-corrected chi connectivity index (χ1v) is 7.09. The summed E-state index contributed by atoms with van der Waals surface area (Å²) >= 11 is 0. The average molecular weight is 281 g/mol. The van der Waals surface area contributed by atoms with Crippen molar-refractivity contribution in [2.75, 3.05) is 12.0 Å². The van der Waals surface area contributed by atoms with Crippen LogP contribution in [-0.2, 0) is 4.74 Å². The summed E-state index contributed by atoms with van der Waals surface area (Å²) in [7, 11) is 1.69. The molecule has 2 aromatic carbocycles. The van der Waals surface area contributed by atoms with Crippen molar-refractivity contribution in [3.05, 3.63) is 65.7 Å². The first-order valence-electron chi connectivity index (χ1n) is 7.09. The summed E-state index contributed by atoms with van der Waals surface area (Å²) in [6.45, 7) is 4.03. The summed E-state index contributed by atoms with van der Waals surface area (Å²) in [5.74, 6) is 0.0342. The van der Waals surface area contributed by atoms with E-state index in [2.05, 4.69) is 0 Å². The molecule has 1 aliphatic rings. The number of ether oxygens (including phenoxy) is 1. The van der Waals surface area contributed by atoms with Crippen molar-refractivity contribution in [1.29, 1.82) is 0 Å². The van der Waals surface area contributed by atoms with Crippen molar-refractivity contribution < 1.29 is 9.53 Å². The van der Waals surface area contributed by atoms with E-state index in [9.17, 15) is 4.79 Å². The van der Waals surface area contributed by atoms with Crippen LogP contribution in [0.3, 0.4) is 0 Å². The SMILES string of the molecule is COC(C)(C)C1c2ccccc2C(=O)N1c1ccccc1. The van der Waals surface area contributed by atoms with Gasteiger partial charge in [-0.1, -0.05) is 36.4 Å². The normalized spacial score (nSPS) is 18.0. The van der Waals surface area contributed by atoms with Crippen LogP contribution in [0.1, 0.15) is 35.8 Å². The number of anilines is 1. The molecule has 0 bridgehead atoms. The van der Waals surface area contributed by atoms with Crippen LogP contribution in [0.5, 0.6) is 0 Å². The van der Waals surface area contributed by atoms with E-state index in [1.165, 1.54) is 0 Å². The molecular weight excluding hydrogens is 262 g/mol. The first-order chi connectivity index (χ1) is 10.1. The number of methoxy groups -OCH3 is 1. The van der Waals surface area contributed by atoms with Crippen LogP contribution in [0.15, 0.2) is 54.6 Å². The molecule has 0 spiro atoms. The maximum absolute atomic E-state index is 12.8. The van der Waals surface area contributed by atoms with Crippen LogP contribution in [0, 0.1) is 0 Å². The van der Waals surface area contributed by atoms with Crippen LogP contribution >= 0.6 is 0 Å². The lowest BCUT2D eigenvalue weighted by Gasteiger charge is -2.37. The molecule has 1 aliphatic heterocycles. The highest BCUT2D eigenvalue weighted by Crippen LogP contribution is 2.44. The smallest absolute Gasteiger partial charge is 0.259 e. The van der Waals surface area contributed by atoms with Gasteiger partial charge in [0.05, 0.1) is 11.6 Å². The molecular formula is C18H19NO2. The Labute approximate surface area is 125 Å². The Morgan fingerprint density at radius 3 is 2.29 bits per heavy atom. The van der Waals surface area contributed by atoms with Gasteiger partial charge in [-0.3, -0.25) is 9.69 Å². The third kappa shape index (κ3) is 2.14. The summed E-state index contributed by atoms with van der Waals surface area (Å²) in [5.41, 5.74) is 2.21. The Hall–Kier alpha value is -2.13. The number of amides is 1. The summed E-state index contributed by atoms with van der Waals surface area (Å²) in [6, 6.07) is 17.4. The quantitative estimate of drug-likeness (QED) is 0.856. The molecule has 3 nitrogen and oxygen atoms in total. The molecule has 0 aromatic heterocycles. The summed E-state index contributed by atoms with van der Waals surface area (Å²) in [5, 5.41) is 0. The number of nitrogens with zero attached hydrogens (tertiary/aromatic N) is 1. The Bertz CT molecular complexity index is 664. The van der Waals surface area contributed by atoms with Gasteiger partial charge in [-0.2, -0.15) is 0 Å². The molecule has 0 fully saturated rings. The van der Waals surface area contributed by atoms with E-state index in [-0.39, 0.29) is 11.9 Å². The molecule has 0 aliphatic carbocycles. The van der Waals surface area contributed by atoms with Gasteiger partial charge in [-0.05, 0) is 37.6 Å². The molecule has 0 N–H and O–H groups in total. The zero-order valence-electron chi connectivity index (χ0n) is 12.5. The Morgan fingerprint density at radius 1 is 1.00 bits per heavy atom. The third-order valence-corrected chi connectivity index (χ3v) is 4.18. The number of carbonyl (C=O) groups excluding carboxylic acids is 1. The number of para-hydroxylation sites is 1. The number of hydrogen-bond acceptors (Lipinski definition) is 2. The van der Waals surface area contributed by atoms with Crippen molar-refractivity contribution in [3.8, 4) is 0 Å². The zero-order valence-corrected chi connectivity index (χ0v) is 12.5. The maximum Gasteiger partial charge on any atom is 0.259 e. The molecule has 21 heavy (non-hydrogen) atoms. The van der Waals surface area contributed by atoms with Crippen LogP contribution in [-0.4, -0.2) is 18.6 Å². The second kappa shape index (κ2) is 5.01. The van der Waals surface area contributed by atoms with Gasteiger partial charge < -0.3 is 4.74 Å².